The lowest BCUT2D eigenvalue weighted by Gasteiger charge is -2.54. The first kappa shape index (κ1) is 11.5. The van der Waals surface area contributed by atoms with E-state index >= 15 is 0 Å². The molecule has 2 aliphatic heterocycles. The third-order valence-electron chi connectivity index (χ3n) is 3.27. The van der Waals surface area contributed by atoms with Crippen LogP contribution in [0.1, 0.15) is 0 Å². The van der Waals surface area contributed by atoms with Gasteiger partial charge in [0.2, 0.25) is 0 Å². The largest absolute Gasteiger partial charge is 0.380 e. The van der Waals surface area contributed by atoms with E-state index in [1.807, 2.05) is 36.4 Å². The van der Waals surface area contributed by atoms with Crippen LogP contribution in [0.3, 0.4) is 0 Å². The lowest BCUT2D eigenvalue weighted by Crippen LogP contribution is -2.66. The molecule has 2 aliphatic rings. The van der Waals surface area contributed by atoms with Gasteiger partial charge in [0.15, 0.2) is 0 Å². The summed E-state index contributed by atoms with van der Waals surface area (Å²) in [4.78, 5) is 5.77. The van der Waals surface area contributed by atoms with Gasteiger partial charge in [-0.2, -0.15) is 10.0 Å². The Labute approximate surface area is 109 Å². The minimum atomic E-state index is 0.384. The quantitative estimate of drug-likeness (QED) is 0.798. The molecule has 1 spiro atoms. The molecule has 1 aromatic rings. The van der Waals surface area contributed by atoms with E-state index in [0.717, 1.165) is 36.5 Å². The highest BCUT2D eigenvalue weighted by molar-refractivity contribution is 9.10. The molecule has 0 radical (unpaired) electrons. The van der Waals surface area contributed by atoms with Crippen molar-refractivity contribution in [3.05, 3.63) is 28.7 Å². The smallest absolute Gasteiger partial charge is 0.0794 e. The molecule has 0 saturated carbocycles. The van der Waals surface area contributed by atoms with Gasteiger partial charge in [-0.3, -0.25) is 0 Å². The summed E-state index contributed by atoms with van der Waals surface area (Å²) in [5, 5.41) is 3.76. The first-order valence-electron chi connectivity index (χ1n) is 5.68. The van der Waals surface area contributed by atoms with Gasteiger partial charge in [0.05, 0.1) is 18.9 Å². The van der Waals surface area contributed by atoms with Crippen molar-refractivity contribution in [3.63, 3.8) is 0 Å². The molecule has 0 aromatic heterocycles. The van der Waals surface area contributed by atoms with Crippen molar-refractivity contribution in [2.24, 2.45) is 5.41 Å². The zero-order chi connectivity index (χ0) is 11.9. The minimum Gasteiger partial charge on any atom is -0.380 e. The van der Waals surface area contributed by atoms with Crippen LogP contribution in [0.2, 0.25) is 0 Å². The predicted octanol–water partition coefficient (Wildman–Crippen LogP) is 2.06. The first-order chi connectivity index (χ1) is 8.19. The van der Waals surface area contributed by atoms with Gasteiger partial charge in [0, 0.05) is 30.0 Å². The lowest BCUT2D eigenvalue weighted by molar-refractivity contribution is -0.308. The Hall–Kier alpha value is -0.620. The van der Waals surface area contributed by atoms with E-state index in [1.165, 1.54) is 0 Å². The molecule has 92 valence electrons. The van der Waals surface area contributed by atoms with E-state index in [9.17, 15) is 0 Å². The molecule has 0 unspecified atom stereocenters. The summed E-state index contributed by atoms with van der Waals surface area (Å²) in [7, 11) is 1.92. The highest BCUT2D eigenvalue weighted by Gasteiger charge is 2.50. The Morgan fingerprint density at radius 3 is 2.65 bits per heavy atom. The molecule has 2 fully saturated rings. The van der Waals surface area contributed by atoms with Crippen LogP contribution >= 0.6 is 15.9 Å². The number of hydroxylamine groups is 3. The second-order valence-electron chi connectivity index (χ2n) is 4.82. The number of ether oxygens (including phenoxy) is 1. The second kappa shape index (κ2) is 4.24. The Morgan fingerprint density at radius 2 is 2.06 bits per heavy atom. The van der Waals surface area contributed by atoms with E-state index in [-0.39, 0.29) is 0 Å². The molecule has 0 atom stereocenters. The third-order valence-corrected chi connectivity index (χ3v) is 3.94. The van der Waals surface area contributed by atoms with Gasteiger partial charge in [-0.1, -0.05) is 12.1 Å². The van der Waals surface area contributed by atoms with E-state index in [2.05, 4.69) is 15.9 Å². The van der Waals surface area contributed by atoms with E-state index in [1.54, 1.807) is 5.06 Å². The topological polar surface area (TPSA) is 24.9 Å². The lowest BCUT2D eigenvalue weighted by atomic mass is 9.80. The average molecular weight is 299 g/mol. The Bertz CT molecular complexity index is 415. The normalized spacial score (nSPS) is 22.0. The van der Waals surface area contributed by atoms with Gasteiger partial charge in [-0.15, -0.1) is 0 Å². The van der Waals surface area contributed by atoms with E-state index < -0.39 is 0 Å². The molecule has 0 N–H and O–H groups in total. The van der Waals surface area contributed by atoms with Gasteiger partial charge in [0.1, 0.15) is 0 Å². The molecular formula is C12H15BrN2O2. The summed E-state index contributed by atoms with van der Waals surface area (Å²) >= 11 is 3.51. The maximum atomic E-state index is 5.77. The monoisotopic (exact) mass is 298 g/mol. The summed E-state index contributed by atoms with van der Waals surface area (Å²) in [6.07, 6.45) is 0. The first-order valence-corrected chi connectivity index (χ1v) is 6.47. The van der Waals surface area contributed by atoms with Crippen molar-refractivity contribution in [1.82, 2.24) is 5.06 Å². The maximum Gasteiger partial charge on any atom is 0.0794 e. The van der Waals surface area contributed by atoms with Crippen molar-refractivity contribution < 1.29 is 9.68 Å². The molecule has 3 rings (SSSR count). The minimum absolute atomic E-state index is 0.384. The number of para-hydroxylation sites is 1. The van der Waals surface area contributed by atoms with Crippen molar-refractivity contribution in [3.8, 4) is 0 Å². The third kappa shape index (κ3) is 2.08. The second-order valence-corrected chi connectivity index (χ2v) is 5.68. The molecule has 0 aliphatic carbocycles. The standard InChI is InChI=1S/C12H15BrN2O2/c1-14(11-5-3-2-4-10(11)13)17-15-6-12(7-15)8-16-9-12/h2-5H,6-9H2,1H3. The molecule has 4 nitrogen and oxygen atoms in total. The molecule has 2 saturated heterocycles. The highest BCUT2D eigenvalue weighted by Crippen LogP contribution is 2.38. The van der Waals surface area contributed by atoms with Crippen LogP contribution in [-0.2, 0) is 9.68 Å². The van der Waals surface area contributed by atoms with Crippen LogP contribution in [0.25, 0.3) is 0 Å². The summed E-state index contributed by atoms with van der Waals surface area (Å²) in [5.41, 5.74) is 1.41. The van der Waals surface area contributed by atoms with Crippen LogP contribution in [0.4, 0.5) is 5.69 Å². The van der Waals surface area contributed by atoms with Crippen molar-refractivity contribution in [2.75, 3.05) is 38.4 Å². The fourth-order valence-electron chi connectivity index (χ4n) is 2.26. The van der Waals surface area contributed by atoms with Crippen LogP contribution in [0.5, 0.6) is 0 Å². The molecular weight excluding hydrogens is 284 g/mol. The van der Waals surface area contributed by atoms with Crippen LogP contribution < -0.4 is 5.06 Å². The Balaban J connectivity index is 1.57. The Morgan fingerprint density at radius 1 is 1.35 bits per heavy atom. The molecule has 0 bridgehead atoms. The van der Waals surface area contributed by atoms with Crippen LogP contribution in [0, 0.1) is 5.41 Å². The van der Waals surface area contributed by atoms with Gasteiger partial charge in [0.25, 0.3) is 0 Å². The zero-order valence-corrected chi connectivity index (χ0v) is 11.3. The molecule has 0 amide bonds. The number of rotatable bonds is 3. The van der Waals surface area contributed by atoms with Gasteiger partial charge < -0.3 is 4.74 Å². The summed E-state index contributed by atoms with van der Waals surface area (Å²) < 4.78 is 6.27. The van der Waals surface area contributed by atoms with Crippen LogP contribution in [-0.4, -0.2) is 38.4 Å². The number of benzene rings is 1. The Kier molecular flexibility index (Phi) is 2.86. The van der Waals surface area contributed by atoms with Crippen molar-refractivity contribution in [2.45, 2.75) is 0 Å². The van der Waals surface area contributed by atoms with Gasteiger partial charge in [-0.05, 0) is 28.1 Å². The number of nitrogens with zero attached hydrogens (tertiary/aromatic N) is 2. The maximum absolute atomic E-state index is 5.77. The van der Waals surface area contributed by atoms with E-state index in [4.69, 9.17) is 9.68 Å². The van der Waals surface area contributed by atoms with Gasteiger partial charge >= 0.3 is 0 Å². The fourth-order valence-corrected chi connectivity index (χ4v) is 2.79. The highest BCUT2D eigenvalue weighted by atomic mass is 79.9. The molecule has 5 heteroatoms. The number of halogens is 1. The van der Waals surface area contributed by atoms with Crippen molar-refractivity contribution in [1.29, 1.82) is 0 Å². The van der Waals surface area contributed by atoms with E-state index in [0.29, 0.717) is 5.41 Å². The van der Waals surface area contributed by atoms with Crippen LogP contribution in [0.15, 0.2) is 28.7 Å². The number of anilines is 1. The summed E-state index contributed by atoms with van der Waals surface area (Å²) in [6, 6.07) is 8.02. The zero-order valence-electron chi connectivity index (χ0n) is 9.73. The average Bonchev–Trinajstić information content (AvgIpc) is 2.20. The molecule has 2 heterocycles. The number of hydrogen-bond acceptors (Lipinski definition) is 4. The predicted molar refractivity (Wildman–Crippen MR) is 68.5 cm³/mol. The SMILES string of the molecule is CN(ON1CC2(COC2)C1)c1ccccc1Br. The molecule has 1 aromatic carbocycles. The summed E-state index contributed by atoms with van der Waals surface area (Å²) in [6.45, 7) is 3.68. The molecule has 17 heavy (non-hydrogen) atoms. The summed E-state index contributed by atoms with van der Waals surface area (Å²) in [5.74, 6) is 0. The fraction of sp³-hybridized carbons (Fsp3) is 0.500. The number of hydrogen-bond donors (Lipinski definition) is 0. The van der Waals surface area contributed by atoms with Crippen molar-refractivity contribution >= 4 is 21.6 Å². The van der Waals surface area contributed by atoms with Gasteiger partial charge in [-0.25, -0.2) is 5.06 Å².